The molecule has 0 saturated carbocycles. The Balaban J connectivity index is 1.83. The number of nitrogens with zero attached hydrogens (tertiary/aromatic N) is 2. The minimum atomic E-state index is -1.04. The lowest BCUT2D eigenvalue weighted by molar-refractivity contribution is 0.00578. The third-order valence-corrected chi connectivity index (χ3v) is 4.80. The fraction of sp³-hybridized carbons (Fsp3) is 0.471. The number of nitrogens with one attached hydrogen (secondary N) is 1. The quantitative estimate of drug-likeness (QED) is 0.822. The molecule has 25 heavy (non-hydrogen) atoms. The van der Waals surface area contributed by atoms with E-state index in [0.29, 0.717) is 13.0 Å². The van der Waals surface area contributed by atoms with Crippen LogP contribution in [0.4, 0.5) is 4.79 Å². The fourth-order valence-corrected chi connectivity index (χ4v) is 2.61. The van der Waals surface area contributed by atoms with E-state index in [1.54, 1.807) is 6.20 Å². The molecule has 1 aromatic heterocycles. The van der Waals surface area contributed by atoms with Crippen LogP contribution in [-0.2, 0) is 15.7 Å². The highest BCUT2D eigenvalue weighted by molar-refractivity contribution is 6.62. The number of rotatable bonds is 4. The molecular weight excluding hydrogens is 321 g/mol. The molecule has 2 heterocycles. The molecule has 0 aliphatic carbocycles. The average molecular weight is 343 g/mol. The molecule has 1 fully saturated rings. The first-order chi connectivity index (χ1) is 11.7. The Hall–Kier alpha value is -2.19. The molecule has 0 bridgehead atoms. The van der Waals surface area contributed by atoms with E-state index >= 15 is 0 Å². The summed E-state index contributed by atoms with van der Waals surface area (Å²) in [5.41, 5.74) is 2.33. The van der Waals surface area contributed by atoms with Gasteiger partial charge in [0.05, 0.1) is 27.9 Å². The highest BCUT2D eigenvalue weighted by atomic mass is 16.7. The largest absolute Gasteiger partial charge is 0.494 e. The Morgan fingerprint density at radius 3 is 2.52 bits per heavy atom. The summed E-state index contributed by atoms with van der Waals surface area (Å²) in [6.45, 7) is 8.36. The van der Waals surface area contributed by atoms with Gasteiger partial charge in [-0.2, -0.15) is 0 Å². The number of carboxylic acid groups (broad SMARTS) is 1. The van der Waals surface area contributed by atoms with Crippen LogP contribution in [0.3, 0.4) is 0 Å². The van der Waals surface area contributed by atoms with Gasteiger partial charge in [0.2, 0.25) is 0 Å². The Morgan fingerprint density at radius 2 is 1.88 bits per heavy atom. The van der Waals surface area contributed by atoms with Crippen molar-refractivity contribution >= 4 is 29.7 Å². The molecule has 132 valence electrons. The maximum Gasteiger partial charge on any atom is 0.494 e. The summed E-state index contributed by atoms with van der Waals surface area (Å²) in [5.74, 6) is 0. The first kappa shape index (κ1) is 17.6. The topological polar surface area (TPSA) is 93.6 Å². The lowest BCUT2D eigenvalue weighted by atomic mass is 9.79. The number of amides is 1. The van der Waals surface area contributed by atoms with Gasteiger partial charge in [-0.1, -0.05) is 6.07 Å². The zero-order chi connectivity index (χ0) is 18.2. The summed E-state index contributed by atoms with van der Waals surface area (Å²) >= 11 is 0. The monoisotopic (exact) mass is 343 g/mol. The van der Waals surface area contributed by atoms with E-state index in [0.717, 1.165) is 22.2 Å². The summed E-state index contributed by atoms with van der Waals surface area (Å²) < 4.78 is 12.1. The van der Waals surface area contributed by atoms with Gasteiger partial charge in [0.25, 0.3) is 0 Å². The molecule has 1 saturated heterocycles. The zero-order valence-electron chi connectivity index (χ0n) is 14.9. The maximum absolute atomic E-state index is 10.5. The molecule has 3 rings (SSSR count). The highest BCUT2D eigenvalue weighted by Gasteiger charge is 2.51. The van der Waals surface area contributed by atoms with Crippen LogP contribution < -0.4 is 10.8 Å². The van der Waals surface area contributed by atoms with Crippen molar-refractivity contribution in [2.24, 2.45) is 0 Å². The summed E-state index contributed by atoms with van der Waals surface area (Å²) in [6, 6.07) is 5.74. The van der Waals surface area contributed by atoms with Crippen molar-refractivity contribution in [3.05, 3.63) is 30.1 Å². The van der Waals surface area contributed by atoms with Gasteiger partial charge in [-0.05, 0) is 45.3 Å². The van der Waals surface area contributed by atoms with Crippen molar-refractivity contribution in [1.82, 2.24) is 15.3 Å². The Morgan fingerprint density at radius 1 is 1.20 bits per heavy atom. The normalized spacial score (nSPS) is 18.5. The van der Waals surface area contributed by atoms with Crippen molar-refractivity contribution in [3.63, 3.8) is 0 Å². The van der Waals surface area contributed by atoms with Gasteiger partial charge in [-0.25, -0.2) is 9.78 Å². The van der Waals surface area contributed by atoms with Crippen LogP contribution in [0.2, 0.25) is 0 Å². The smallest absolute Gasteiger partial charge is 0.465 e. The third kappa shape index (κ3) is 3.59. The van der Waals surface area contributed by atoms with Crippen LogP contribution in [0.25, 0.3) is 11.0 Å². The first-order valence-corrected chi connectivity index (χ1v) is 8.26. The second-order valence-corrected chi connectivity index (χ2v) is 7.18. The highest BCUT2D eigenvalue weighted by Crippen LogP contribution is 2.36. The predicted molar refractivity (Wildman–Crippen MR) is 95.0 cm³/mol. The molecule has 7 nitrogen and oxygen atoms in total. The number of hydrogen-bond donors (Lipinski definition) is 2. The maximum atomic E-state index is 10.5. The van der Waals surface area contributed by atoms with Crippen LogP contribution in [0, 0.1) is 0 Å². The molecule has 1 amide bonds. The van der Waals surface area contributed by atoms with Gasteiger partial charge in [0, 0.05) is 19.2 Å². The number of carbonyl (C=O) groups is 1. The van der Waals surface area contributed by atoms with E-state index in [1.165, 1.54) is 0 Å². The zero-order valence-corrected chi connectivity index (χ0v) is 14.9. The fourth-order valence-electron chi connectivity index (χ4n) is 2.61. The van der Waals surface area contributed by atoms with Crippen LogP contribution in [0.1, 0.15) is 33.4 Å². The average Bonchev–Trinajstić information content (AvgIpc) is 2.74. The summed E-state index contributed by atoms with van der Waals surface area (Å²) in [7, 11) is -0.450. The molecule has 0 radical (unpaired) electrons. The lowest BCUT2D eigenvalue weighted by Crippen LogP contribution is -2.41. The molecule has 2 aromatic rings. The van der Waals surface area contributed by atoms with Crippen molar-refractivity contribution in [2.45, 2.75) is 45.3 Å². The van der Waals surface area contributed by atoms with Crippen molar-refractivity contribution < 1.29 is 19.2 Å². The molecule has 0 unspecified atom stereocenters. The molecular formula is C17H22BN3O4. The van der Waals surface area contributed by atoms with Crippen molar-refractivity contribution in [2.75, 3.05) is 6.54 Å². The third-order valence-electron chi connectivity index (χ3n) is 4.80. The first-order valence-electron chi connectivity index (χ1n) is 8.26. The van der Waals surface area contributed by atoms with Gasteiger partial charge in [-0.15, -0.1) is 0 Å². The van der Waals surface area contributed by atoms with E-state index < -0.39 is 24.4 Å². The lowest BCUT2D eigenvalue weighted by Gasteiger charge is -2.32. The molecule has 2 N–H and O–H groups in total. The standard InChI is InChI=1S/C17H22BN3O4/c1-16(2)17(3,4)25-18(24-16)11-5-6-13-14(9-11)21-12(10-20-13)7-8-19-15(22)23/h5-6,9-10,19H,7-8H2,1-4H3,(H,22,23). The van der Waals surface area contributed by atoms with E-state index in [2.05, 4.69) is 15.3 Å². The minimum Gasteiger partial charge on any atom is -0.465 e. The Kier molecular flexibility index (Phi) is 4.42. The van der Waals surface area contributed by atoms with Gasteiger partial charge in [0.1, 0.15) is 0 Å². The molecule has 1 aliphatic rings. The second-order valence-electron chi connectivity index (χ2n) is 7.18. The van der Waals surface area contributed by atoms with Gasteiger partial charge < -0.3 is 19.7 Å². The van der Waals surface area contributed by atoms with E-state index in [-0.39, 0.29) is 0 Å². The Bertz CT molecular complexity index is 794. The molecule has 0 spiro atoms. The van der Waals surface area contributed by atoms with Gasteiger partial charge in [-0.3, -0.25) is 4.98 Å². The predicted octanol–water partition coefficient (Wildman–Crippen LogP) is 1.74. The number of fused-ring (bicyclic) bond motifs is 1. The second kappa shape index (κ2) is 6.27. The Labute approximate surface area is 146 Å². The molecule has 1 aromatic carbocycles. The number of hydrogen-bond acceptors (Lipinski definition) is 5. The van der Waals surface area contributed by atoms with E-state index in [9.17, 15) is 4.79 Å². The van der Waals surface area contributed by atoms with Crippen LogP contribution in [0.15, 0.2) is 24.4 Å². The van der Waals surface area contributed by atoms with E-state index in [1.807, 2.05) is 45.9 Å². The van der Waals surface area contributed by atoms with Crippen LogP contribution in [-0.4, -0.2) is 46.0 Å². The molecule has 1 aliphatic heterocycles. The van der Waals surface area contributed by atoms with Crippen LogP contribution >= 0.6 is 0 Å². The molecule has 8 heteroatoms. The summed E-state index contributed by atoms with van der Waals surface area (Å²) in [4.78, 5) is 19.5. The number of benzene rings is 1. The minimum absolute atomic E-state index is 0.298. The summed E-state index contributed by atoms with van der Waals surface area (Å²) in [6.07, 6.45) is 1.10. The van der Waals surface area contributed by atoms with Crippen molar-refractivity contribution in [1.29, 1.82) is 0 Å². The molecule has 0 atom stereocenters. The van der Waals surface area contributed by atoms with Crippen LogP contribution in [0.5, 0.6) is 0 Å². The van der Waals surface area contributed by atoms with Gasteiger partial charge >= 0.3 is 13.2 Å². The van der Waals surface area contributed by atoms with Gasteiger partial charge in [0.15, 0.2) is 0 Å². The summed E-state index contributed by atoms with van der Waals surface area (Å²) in [5, 5.41) is 11.0. The SMILES string of the molecule is CC1(C)OB(c2ccc3ncc(CCNC(=O)O)nc3c2)OC1(C)C. The van der Waals surface area contributed by atoms with Crippen molar-refractivity contribution in [3.8, 4) is 0 Å². The van der Waals surface area contributed by atoms with E-state index in [4.69, 9.17) is 14.4 Å². The number of aromatic nitrogens is 2.